The molecule has 0 radical (unpaired) electrons. The van der Waals surface area contributed by atoms with Gasteiger partial charge in [0.2, 0.25) is 0 Å². The van der Waals surface area contributed by atoms with Crippen LogP contribution in [-0.4, -0.2) is 22.2 Å². The van der Waals surface area contributed by atoms with Crippen LogP contribution in [-0.2, 0) is 0 Å². The fraction of sp³-hybridized carbons (Fsp3) is 0. The predicted octanol–water partition coefficient (Wildman–Crippen LogP) is 2.65. The Balaban J connectivity index is 1.89. The van der Waals surface area contributed by atoms with Gasteiger partial charge in [0, 0.05) is 16.0 Å². The molecule has 7 heteroatoms. The number of amides is 1. The predicted molar refractivity (Wildman–Crippen MR) is 92.7 cm³/mol. The number of aromatic nitrogens is 1. The Kier molecular flexibility index (Phi) is 4.31. The highest BCUT2D eigenvalue weighted by Gasteiger charge is 2.18. The molecule has 0 aliphatic rings. The van der Waals surface area contributed by atoms with Crippen molar-refractivity contribution < 1.29 is 9.90 Å². The minimum Gasteiger partial charge on any atom is -0.506 e. The number of rotatable bonds is 3. The molecular formula is C17H12ClN3O3. The number of aromatic amines is 1. The first kappa shape index (κ1) is 15.8. The Morgan fingerprint density at radius 1 is 1.17 bits per heavy atom. The first-order chi connectivity index (χ1) is 11.6. The number of aromatic hydroxyl groups is 1. The molecule has 24 heavy (non-hydrogen) atoms. The maximum absolute atomic E-state index is 12.2. The van der Waals surface area contributed by atoms with E-state index >= 15 is 0 Å². The SMILES string of the molecule is O=C(N/N=C/c1ccccc1Cl)c1c(O)c2ccccc2[nH]c1=O. The maximum Gasteiger partial charge on any atom is 0.280 e. The summed E-state index contributed by atoms with van der Waals surface area (Å²) in [6.07, 6.45) is 1.35. The summed E-state index contributed by atoms with van der Waals surface area (Å²) in [5, 5.41) is 14.8. The Labute approximate surface area is 141 Å². The molecule has 0 bridgehead atoms. The van der Waals surface area contributed by atoms with Crippen molar-refractivity contribution in [1.82, 2.24) is 10.4 Å². The lowest BCUT2D eigenvalue weighted by atomic mass is 10.1. The topological polar surface area (TPSA) is 94.5 Å². The Morgan fingerprint density at radius 2 is 1.88 bits per heavy atom. The molecule has 6 nitrogen and oxygen atoms in total. The van der Waals surface area contributed by atoms with Crippen molar-refractivity contribution in [2.75, 3.05) is 0 Å². The number of hydrogen-bond acceptors (Lipinski definition) is 4. The van der Waals surface area contributed by atoms with Crippen LogP contribution in [0.15, 0.2) is 58.4 Å². The van der Waals surface area contributed by atoms with Gasteiger partial charge in [-0.15, -0.1) is 0 Å². The summed E-state index contributed by atoms with van der Waals surface area (Å²) in [5.74, 6) is -1.21. The van der Waals surface area contributed by atoms with Crippen LogP contribution >= 0.6 is 11.6 Å². The molecule has 0 saturated heterocycles. The van der Waals surface area contributed by atoms with Crippen LogP contribution in [0.3, 0.4) is 0 Å². The van der Waals surface area contributed by atoms with Crippen molar-refractivity contribution in [3.8, 4) is 5.75 Å². The average molecular weight is 342 g/mol. The van der Waals surface area contributed by atoms with Crippen LogP contribution in [0.1, 0.15) is 15.9 Å². The number of nitrogens with zero attached hydrogens (tertiary/aromatic N) is 1. The van der Waals surface area contributed by atoms with Gasteiger partial charge in [-0.05, 0) is 18.2 Å². The first-order valence-corrected chi connectivity index (χ1v) is 7.37. The lowest BCUT2D eigenvalue weighted by molar-refractivity contribution is 0.0951. The van der Waals surface area contributed by atoms with E-state index in [2.05, 4.69) is 15.5 Å². The third kappa shape index (κ3) is 3.00. The molecule has 3 N–H and O–H groups in total. The first-order valence-electron chi connectivity index (χ1n) is 7.00. The Hall–Kier alpha value is -3.12. The lowest BCUT2D eigenvalue weighted by Crippen LogP contribution is -2.26. The van der Waals surface area contributed by atoms with Crippen LogP contribution in [0.4, 0.5) is 0 Å². The molecule has 0 aliphatic carbocycles. The number of carbonyl (C=O) groups excluding carboxylic acids is 1. The van der Waals surface area contributed by atoms with Gasteiger partial charge in [0.1, 0.15) is 11.3 Å². The van der Waals surface area contributed by atoms with Crippen molar-refractivity contribution in [1.29, 1.82) is 0 Å². The molecule has 0 atom stereocenters. The molecule has 1 aromatic heterocycles. The van der Waals surface area contributed by atoms with Gasteiger partial charge in [0.25, 0.3) is 11.5 Å². The number of para-hydroxylation sites is 1. The maximum atomic E-state index is 12.2. The molecule has 1 amide bonds. The zero-order valence-corrected chi connectivity index (χ0v) is 13.0. The van der Waals surface area contributed by atoms with E-state index in [9.17, 15) is 14.7 Å². The van der Waals surface area contributed by atoms with E-state index in [4.69, 9.17) is 11.6 Å². The standard InChI is InChI=1S/C17H12ClN3O3/c18-12-7-3-1-5-10(12)9-19-21-17(24)14-15(22)11-6-2-4-8-13(11)20-16(14)23/h1-9H,(H,21,24)(H2,20,22,23)/b19-9+. The van der Waals surface area contributed by atoms with Crippen molar-refractivity contribution in [3.63, 3.8) is 0 Å². The van der Waals surface area contributed by atoms with Gasteiger partial charge in [-0.3, -0.25) is 9.59 Å². The van der Waals surface area contributed by atoms with E-state index in [1.807, 2.05) is 0 Å². The number of nitrogens with one attached hydrogen (secondary N) is 2. The van der Waals surface area contributed by atoms with Crippen molar-refractivity contribution >= 4 is 34.6 Å². The fourth-order valence-electron chi connectivity index (χ4n) is 2.23. The van der Waals surface area contributed by atoms with Crippen molar-refractivity contribution in [3.05, 3.63) is 75.0 Å². The normalized spacial score (nSPS) is 11.0. The summed E-state index contributed by atoms with van der Waals surface area (Å²) >= 11 is 5.97. The zero-order chi connectivity index (χ0) is 17.1. The summed E-state index contributed by atoms with van der Waals surface area (Å²) in [4.78, 5) is 26.7. The van der Waals surface area contributed by atoms with Gasteiger partial charge in [0.05, 0.1) is 11.7 Å². The second kappa shape index (κ2) is 6.55. The van der Waals surface area contributed by atoms with E-state index in [0.717, 1.165) is 0 Å². The van der Waals surface area contributed by atoms with E-state index in [0.29, 0.717) is 21.5 Å². The number of hydrazone groups is 1. The fourth-order valence-corrected chi connectivity index (χ4v) is 2.42. The third-order valence-electron chi connectivity index (χ3n) is 3.40. The molecule has 2 aromatic carbocycles. The number of fused-ring (bicyclic) bond motifs is 1. The van der Waals surface area contributed by atoms with Gasteiger partial charge in [-0.25, -0.2) is 5.43 Å². The number of pyridine rings is 1. The highest BCUT2D eigenvalue weighted by Crippen LogP contribution is 2.24. The molecular weight excluding hydrogens is 330 g/mol. The smallest absolute Gasteiger partial charge is 0.280 e. The summed E-state index contributed by atoms with van der Waals surface area (Å²) in [5.41, 5.74) is 2.17. The highest BCUT2D eigenvalue weighted by atomic mass is 35.5. The monoisotopic (exact) mass is 341 g/mol. The summed E-state index contributed by atoms with van der Waals surface area (Å²) in [7, 11) is 0. The second-order valence-electron chi connectivity index (χ2n) is 4.94. The minimum atomic E-state index is -0.817. The molecule has 3 aromatic rings. The van der Waals surface area contributed by atoms with Gasteiger partial charge in [-0.1, -0.05) is 41.9 Å². The lowest BCUT2D eigenvalue weighted by Gasteiger charge is -2.06. The molecule has 120 valence electrons. The highest BCUT2D eigenvalue weighted by molar-refractivity contribution is 6.33. The zero-order valence-electron chi connectivity index (χ0n) is 12.3. The summed E-state index contributed by atoms with van der Waals surface area (Å²) in [6, 6.07) is 13.6. The van der Waals surface area contributed by atoms with E-state index < -0.39 is 17.0 Å². The van der Waals surface area contributed by atoms with Gasteiger partial charge < -0.3 is 10.1 Å². The van der Waals surface area contributed by atoms with E-state index in [-0.39, 0.29) is 5.75 Å². The summed E-state index contributed by atoms with van der Waals surface area (Å²) < 4.78 is 0. The van der Waals surface area contributed by atoms with Crippen LogP contribution in [0, 0.1) is 0 Å². The molecule has 0 fully saturated rings. The Bertz CT molecular complexity index is 1010. The van der Waals surface area contributed by atoms with Gasteiger partial charge in [0.15, 0.2) is 0 Å². The number of halogens is 1. The van der Waals surface area contributed by atoms with Gasteiger partial charge in [-0.2, -0.15) is 5.10 Å². The van der Waals surface area contributed by atoms with Crippen molar-refractivity contribution in [2.45, 2.75) is 0 Å². The summed E-state index contributed by atoms with van der Waals surface area (Å²) in [6.45, 7) is 0. The molecule has 0 aliphatic heterocycles. The van der Waals surface area contributed by atoms with E-state index in [1.54, 1.807) is 48.5 Å². The third-order valence-corrected chi connectivity index (χ3v) is 3.74. The largest absolute Gasteiger partial charge is 0.506 e. The Morgan fingerprint density at radius 3 is 2.67 bits per heavy atom. The van der Waals surface area contributed by atoms with Crippen LogP contribution in [0.2, 0.25) is 5.02 Å². The number of benzene rings is 2. The van der Waals surface area contributed by atoms with E-state index in [1.165, 1.54) is 6.21 Å². The average Bonchev–Trinajstić information content (AvgIpc) is 2.56. The number of hydrogen-bond donors (Lipinski definition) is 3. The second-order valence-corrected chi connectivity index (χ2v) is 5.35. The molecule has 0 spiro atoms. The van der Waals surface area contributed by atoms with Crippen LogP contribution in [0.5, 0.6) is 5.75 Å². The van der Waals surface area contributed by atoms with Crippen molar-refractivity contribution in [2.24, 2.45) is 5.10 Å². The van der Waals surface area contributed by atoms with Crippen LogP contribution in [0.25, 0.3) is 10.9 Å². The minimum absolute atomic E-state index is 0.373. The molecule has 0 saturated carbocycles. The molecule has 3 rings (SSSR count). The number of carbonyl (C=O) groups is 1. The van der Waals surface area contributed by atoms with Crippen LogP contribution < -0.4 is 11.0 Å². The quantitative estimate of drug-likeness (QED) is 0.505. The molecule has 1 heterocycles. The van der Waals surface area contributed by atoms with Gasteiger partial charge >= 0.3 is 0 Å². The number of H-pyrrole nitrogens is 1. The molecule has 0 unspecified atom stereocenters.